The third kappa shape index (κ3) is 1.32. The zero-order valence-corrected chi connectivity index (χ0v) is 8.31. The van der Waals surface area contributed by atoms with Crippen molar-refractivity contribution in [1.29, 1.82) is 0 Å². The second-order valence-electron chi connectivity index (χ2n) is 3.42. The van der Waals surface area contributed by atoms with E-state index < -0.39 is 0 Å². The predicted molar refractivity (Wildman–Crippen MR) is 60.1 cm³/mol. The molecule has 16 heavy (non-hydrogen) atoms. The summed E-state index contributed by atoms with van der Waals surface area (Å²) < 4.78 is 5.20. The van der Waals surface area contributed by atoms with Gasteiger partial charge in [0, 0.05) is 17.8 Å². The van der Waals surface area contributed by atoms with Crippen LogP contribution in [0.15, 0.2) is 51.9 Å². The minimum absolute atomic E-state index is 0.381. The second kappa shape index (κ2) is 3.34. The van der Waals surface area contributed by atoms with E-state index in [0.29, 0.717) is 17.0 Å². The number of hydrogen-bond acceptors (Lipinski definition) is 3. The van der Waals surface area contributed by atoms with Gasteiger partial charge in [-0.05, 0) is 12.1 Å². The highest BCUT2D eigenvalue weighted by atomic mass is 16.4. The van der Waals surface area contributed by atoms with Gasteiger partial charge in [-0.1, -0.05) is 18.2 Å². The van der Waals surface area contributed by atoms with Gasteiger partial charge >= 0.3 is 5.63 Å². The number of aromatic nitrogens is 2. The molecule has 0 aliphatic carbocycles. The van der Waals surface area contributed by atoms with E-state index in [0.717, 1.165) is 5.39 Å². The van der Waals surface area contributed by atoms with Crippen LogP contribution in [-0.4, -0.2) is 9.97 Å². The first-order chi connectivity index (χ1) is 7.84. The van der Waals surface area contributed by atoms with Gasteiger partial charge in [-0.15, -0.1) is 0 Å². The maximum Gasteiger partial charge on any atom is 0.347 e. The van der Waals surface area contributed by atoms with Gasteiger partial charge in [-0.25, -0.2) is 9.78 Å². The topological polar surface area (TPSA) is 58.9 Å². The number of para-hydroxylation sites is 1. The first kappa shape index (κ1) is 8.91. The zero-order chi connectivity index (χ0) is 11.0. The standard InChI is InChI=1S/C12H8N2O2/c15-12-9(11-13-5-6-14-11)7-8-3-1-2-4-10(8)16-12/h1-7H,(H,13,14). The Morgan fingerprint density at radius 1 is 1.25 bits per heavy atom. The Balaban J connectivity index is 2.34. The lowest BCUT2D eigenvalue weighted by Gasteiger charge is -1.98. The predicted octanol–water partition coefficient (Wildman–Crippen LogP) is 2.18. The van der Waals surface area contributed by atoms with Crippen LogP contribution in [-0.2, 0) is 0 Å². The van der Waals surface area contributed by atoms with Gasteiger partial charge in [0.25, 0.3) is 0 Å². The Hall–Kier alpha value is -2.36. The largest absolute Gasteiger partial charge is 0.422 e. The van der Waals surface area contributed by atoms with Crippen molar-refractivity contribution < 1.29 is 4.42 Å². The maximum absolute atomic E-state index is 11.7. The summed E-state index contributed by atoms with van der Waals surface area (Å²) in [4.78, 5) is 18.6. The zero-order valence-electron chi connectivity index (χ0n) is 8.31. The smallest absolute Gasteiger partial charge is 0.347 e. The molecule has 1 aromatic carbocycles. The monoisotopic (exact) mass is 212 g/mol. The molecule has 2 aromatic heterocycles. The molecule has 0 aliphatic rings. The van der Waals surface area contributed by atoms with Crippen LogP contribution in [0.1, 0.15) is 0 Å². The minimum Gasteiger partial charge on any atom is -0.422 e. The van der Waals surface area contributed by atoms with Gasteiger partial charge in [0.15, 0.2) is 0 Å². The molecule has 0 atom stereocenters. The highest BCUT2D eigenvalue weighted by molar-refractivity contribution is 5.80. The number of rotatable bonds is 1. The molecule has 4 heteroatoms. The van der Waals surface area contributed by atoms with Gasteiger partial charge in [0.1, 0.15) is 17.0 Å². The molecule has 0 fully saturated rings. The van der Waals surface area contributed by atoms with Crippen LogP contribution in [0.5, 0.6) is 0 Å². The highest BCUT2D eigenvalue weighted by Crippen LogP contribution is 2.17. The Labute approximate surface area is 90.6 Å². The average molecular weight is 212 g/mol. The molecule has 0 unspecified atom stereocenters. The second-order valence-corrected chi connectivity index (χ2v) is 3.42. The Morgan fingerprint density at radius 2 is 2.12 bits per heavy atom. The van der Waals surface area contributed by atoms with Crippen LogP contribution < -0.4 is 5.63 Å². The summed E-state index contributed by atoms with van der Waals surface area (Å²) in [6, 6.07) is 9.17. The van der Waals surface area contributed by atoms with Crippen molar-refractivity contribution >= 4 is 11.0 Å². The maximum atomic E-state index is 11.7. The van der Waals surface area contributed by atoms with E-state index in [-0.39, 0.29) is 5.63 Å². The van der Waals surface area contributed by atoms with Crippen molar-refractivity contribution in [3.05, 3.63) is 53.1 Å². The third-order valence-electron chi connectivity index (χ3n) is 2.39. The lowest BCUT2D eigenvalue weighted by atomic mass is 10.2. The third-order valence-corrected chi connectivity index (χ3v) is 2.39. The minimum atomic E-state index is -0.381. The summed E-state index contributed by atoms with van der Waals surface area (Å²) in [5.74, 6) is 0.527. The van der Waals surface area contributed by atoms with Crippen molar-refractivity contribution in [2.45, 2.75) is 0 Å². The van der Waals surface area contributed by atoms with E-state index in [4.69, 9.17) is 4.42 Å². The Bertz CT molecular complexity index is 684. The fraction of sp³-hybridized carbons (Fsp3) is 0. The van der Waals surface area contributed by atoms with Gasteiger partial charge < -0.3 is 9.40 Å². The SMILES string of the molecule is O=c1oc2ccccc2cc1-c1ncc[nH]1. The fourth-order valence-electron chi connectivity index (χ4n) is 1.64. The van der Waals surface area contributed by atoms with E-state index in [2.05, 4.69) is 9.97 Å². The van der Waals surface area contributed by atoms with Crippen molar-refractivity contribution in [3.8, 4) is 11.4 Å². The summed E-state index contributed by atoms with van der Waals surface area (Å²) in [5, 5.41) is 0.883. The van der Waals surface area contributed by atoms with Crippen molar-refractivity contribution in [2.24, 2.45) is 0 Å². The lowest BCUT2D eigenvalue weighted by molar-refractivity contribution is 0.563. The van der Waals surface area contributed by atoms with E-state index in [1.807, 2.05) is 18.2 Å². The molecule has 78 valence electrons. The van der Waals surface area contributed by atoms with E-state index in [1.54, 1.807) is 24.5 Å². The van der Waals surface area contributed by atoms with E-state index in [1.165, 1.54) is 0 Å². The molecule has 4 nitrogen and oxygen atoms in total. The normalized spacial score (nSPS) is 10.8. The Morgan fingerprint density at radius 3 is 2.94 bits per heavy atom. The van der Waals surface area contributed by atoms with Gasteiger partial charge in [0.05, 0.1) is 0 Å². The lowest BCUT2D eigenvalue weighted by Crippen LogP contribution is -2.03. The molecule has 0 radical (unpaired) electrons. The van der Waals surface area contributed by atoms with Crippen LogP contribution in [0.25, 0.3) is 22.4 Å². The molecule has 0 spiro atoms. The highest BCUT2D eigenvalue weighted by Gasteiger charge is 2.08. The number of fused-ring (bicyclic) bond motifs is 1. The van der Waals surface area contributed by atoms with Gasteiger partial charge in [-0.2, -0.15) is 0 Å². The number of hydrogen-bond donors (Lipinski definition) is 1. The molecule has 0 bridgehead atoms. The number of H-pyrrole nitrogens is 1. The molecular weight excluding hydrogens is 204 g/mol. The Kier molecular flexibility index (Phi) is 1.86. The number of benzene rings is 1. The van der Waals surface area contributed by atoms with Crippen LogP contribution in [0.2, 0.25) is 0 Å². The van der Waals surface area contributed by atoms with Crippen LogP contribution >= 0.6 is 0 Å². The van der Waals surface area contributed by atoms with Crippen molar-refractivity contribution in [2.75, 3.05) is 0 Å². The summed E-state index contributed by atoms with van der Waals surface area (Å²) in [6.07, 6.45) is 3.27. The van der Waals surface area contributed by atoms with Crippen LogP contribution in [0.4, 0.5) is 0 Å². The van der Waals surface area contributed by atoms with E-state index in [9.17, 15) is 4.79 Å². The van der Waals surface area contributed by atoms with Crippen LogP contribution in [0.3, 0.4) is 0 Å². The summed E-state index contributed by atoms with van der Waals surface area (Å²) in [6.45, 7) is 0. The summed E-state index contributed by atoms with van der Waals surface area (Å²) >= 11 is 0. The average Bonchev–Trinajstić information content (AvgIpc) is 2.81. The first-order valence-corrected chi connectivity index (χ1v) is 4.87. The van der Waals surface area contributed by atoms with Crippen molar-refractivity contribution in [3.63, 3.8) is 0 Å². The molecular formula is C12H8N2O2. The number of aromatic amines is 1. The van der Waals surface area contributed by atoms with E-state index >= 15 is 0 Å². The number of nitrogens with zero attached hydrogens (tertiary/aromatic N) is 1. The molecule has 0 amide bonds. The fourth-order valence-corrected chi connectivity index (χ4v) is 1.64. The van der Waals surface area contributed by atoms with Crippen molar-refractivity contribution in [1.82, 2.24) is 9.97 Å². The molecule has 0 saturated carbocycles. The molecule has 2 heterocycles. The van der Waals surface area contributed by atoms with Crippen LogP contribution in [0, 0.1) is 0 Å². The molecule has 1 N–H and O–H groups in total. The first-order valence-electron chi connectivity index (χ1n) is 4.87. The van der Waals surface area contributed by atoms with Gasteiger partial charge in [-0.3, -0.25) is 0 Å². The summed E-state index contributed by atoms with van der Waals surface area (Å²) in [7, 11) is 0. The number of nitrogens with one attached hydrogen (secondary N) is 1. The molecule has 0 aliphatic heterocycles. The molecule has 3 aromatic rings. The van der Waals surface area contributed by atoms with Gasteiger partial charge in [0.2, 0.25) is 0 Å². The number of imidazole rings is 1. The molecule has 0 saturated heterocycles. The quantitative estimate of drug-likeness (QED) is 0.629. The molecule has 3 rings (SSSR count). The summed E-state index contributed by atoms with van der Waals surface area (Å²) in [5.41, 5.74) is 0.653.